The molecule has 0 spiro atoms. The molecule has 0 fully saturated rings. The van der Waals surface area contributed by atoms with Gasteiger partial charge in [0.2, 0.25) is 10.0 Å². The Morgan fingerprint density at radius 1 is 1.22 bits per heavy atom. The summed E-state index contributed by atoms with van der Waals surface area (Å²) in [5.74, 6) is 0. The fraction of sp³-hybridized carbons (Fsp3) is 0.250. The van der Waals surface area contributed by atoms with Crippen molar-refractivity contribution in [1.82, 2.24) is 14.3 Å². The fourth-order valence-electron chi connectivity index (χ4n) is 1.92. The summed E-state index contributed by atoms with van der Waals surface area (Å²) in [5.41, 5.74) is 2.27. The van der Waals surface area contributed by atoms with Gasteiger partial charge >= 0.3 is 0 Å². The molecule has 1 aromatic heterocycles. The van der Waals surface area contributed by atoms with E-state index >= 15 is 0 Å². The number of nitrogens with zero attached hydrogens (tertiary/aromatic N) is 2. The molecule has 7 heteroatoms. The topological polar surface area (TPSA) is 81.1 Å². The highest BCUT2D eigenvalue weighted by molar-refractivity contribution is 7.92. The monoisotopic (exact) mass is 333 g/mol. The lowest BCUT2D eigenvalue weighted by atomic mass is 10.2. The molecule has 0 aliphatic heterocycles. The Labute approximate surface area is 135 Å². The van der Waals surface area contributed by atoms with Gasteiger partial charge in [-0.05, 0) is 25.5 Å². The maximum absolute atomic E-state index is 11.9. The van der Waals surface area contributed by atoms with Crippen molar-refractivity contribution < 1.29 is 8.42 Å². The molecule has 1 aromatic carbocycles. The molecule has 0 bridgehead atoms. The van der Waals surface area contributed by atoms with Crippen molar-refractivity contribution in [2.75, 3.05) is 6.54 Å². The lowest BCUT2D eigenvalue weighted by Crippen LogP contribution is -2.30. The van der Waals surface area contributed by atoms with Crippen molar-refractivity contribution in [3.05, 3.63) is 69.2 Å². The lowest BCUT2D eigenvalue weighted by Gasteiger charge is -2.06. The molecule has 2 aromatic rings. The van der Waals surface area contributed by atoms with Crippen LogP contribution in [0.4, 0.5) is 0 Å². The zero-order valence-electron chi connectivity index (χ0n) is 13.1. The van der Waals surface area contributed by atoms with Gasteiger partial charge in [-0.3, -0.25) is 9.36 Å². The Kier molecular flexibility index (Phi) is 5.46. The summed E-state index contributed by atoms with van der Waals surface area (Å²) in [6.07, 6.45) is 4.40. The van der Waals surface area contributed by atoms with Crippen LogP contribution in [0.15, 0.2) is 47.0 Å². The van der Waals surface area contributed by atoms with Crippen molar-refractivity contribution in [2.24, 2.45) is 0 Å². The van der Waals surface area contributed by atoms with Gasteiger partial charge in [-0.15, -0.1) is 0 Å². The third-order valence-electron chi connectivity index (χ3n) is 3.25. The number of aromatic nitrogens is 2. The first-order valence-corrected chi connectivity index (χ1v) is 8.67. The Morgan fingerprint density at radius 2 is 1.91 bits per heavy atom. The SMILES string of the molecule is Cc1ccc(/C=C/S(=O)(=O)NCCn2cncc(C)c2=O)cc1. The summed E-state index contributed by atoms with van der Waals surface area (Å²) in [6, 6.07) is 7.52. The van der Waals surface area contributed by atoms with Crippen molar-refractivity contribution in [3.63, 3.8) is 0 Å². The minimum atomic E-state index is -3.55. The molecule has 1 N–H and O–H groups in total. The van der Waals surface area contributed by atoms with Crippen LogP contribution < -0.4 is 10.3 Å². The Morgan fingerprint density at radius 3 is 2.61 bits per heavy atom. The van der Waals surface area contributed by atoms with Crippen molar-refractivity contribution in [1.29, 1.82) is 0 Å². The first kappa shape index (κ1) is 17.1. The van der Waals surface area contributed by atoms with Crippen LogP contribution in [-0.4, -0.2) is 24.5 Å². The number of hydrogen-bond donors (Lipinski definition) is 1. The average Bonchev–Trinajstić information content (AvgIpc) is 2.51. The molecule has 0 unspecified atom stereocenters. The molecule has 0 aliphatic rings. The van der Waals surface area contributed by atoms with Crippen LogP contribution in [0, 0.1) is 13.8 Å². The van der Waals surface area contributed by atoms with Gasteiger partial charge in [-0.1, -0.05) is 29.8 Å². The van der Waals surface area contributed by atoms with E-state index in [1.807, 2.05) is 31.2 Å². The molecule has 0 atom stereocenters. The van der Waals surface area contributed by atoms with Crippen LogP contribution >= 0.6 is 0 Å². The van der Waals surface area contributed by atoms with Crippen LogP contribution in [0.5, 0.6) is 0 Å². The average molecular weight is 333 g/mol. The van der Waals surface area contributed by atoms with Gasteiger partial charge in [0.15, 0.2) is 0 Å². The fourth-order valence-corrected chi connectivity index (χ4v) is 2.73. The van der Waals surface area contributed by atoms with Crippen molar-refractivity contribution in [2.45, 2.75) is 20.4 Å². The number of hydrogen-bond acceptors (Lipinski definition) is 4. The van der Waals surface area contributed by atoms with Crippen LogP contribution in [0.3, 0.4) is 0 Å². The van der Waals surface area contributed by atoms with Crippen molar-refractivity contribution in [3.8, 4) is 0 Å². The standard InChI is InChI=1S/C16H19N3O3S/c1-13-3-5-15(6-4-13)7-10-23(21,22)18-8-9-19-12-17-11-14(2)16(19)20/h3-7,10-12,18H,8-9H2,1-2H3/b10-7+. The van der Waals surface area contributed by atoms with E-state index < -0.39 is 10.0 Å². The molecule has 0 saturated heterocycles. The number of sulfonamides is 1. The smallest absolute Gasteiger partial charge is 0.256 e. The summed E-state index contributed by atoms with van der Waals surface area (Å²) < 4.78 is 27.6. The predicted molar refractivity (Wildman–Crippen MR) is 90.4 cm³/mol. The Bertz CT molecular complexity index is 853. The van der Waals surface area contributed by atoms with E-state index in [1.165, 1.54) is 23.2 Å². The summed E-state index contributed by atoms with van der Waals surface area (Å²) >= 11 is 0. The third kappa shape index (κ3) is 5.15. The van der Waals surface area contributed by atoms with Crippen LogP contribution in [0.2, 0.25) is 0 Å². The van der Waals surface area contributed by atoms with Gasteiger partial charge < -0.3 is 0 Å². The predicted octanol–water partition coefficient (Wildman–Crippen LogP) is 1.45. The van der Waals surface area contributed by atoms with E-state index in [0.717, 1.165) is 16.5 Å². The highest BCUT2D eigenvalue weighted by atomic mass is 32.2. The summed E-state index contributed by atoms with van der Waals surface area (Å²) in [6.45, 7) is 3.98. The largest absolute Gasteiger partial charge is 0.298 e. The summed E-state index contributed by atoms with van der Waals surface area (Å²) in [4.78, 5) is 15.7. The Hall–Kier alpha value is -2.25. The number of benzene rings is 1. The summed E-state index contributed by atoms with van der Waals surface area (Å²) in [5, 5.41) is 1.12. The molecule has 0 saturated carbocycles. The molecule has 2 rings (SSSR count). The first-order chi connectivity index (χ1) is 10.9. The second-order valence-corrected chi connectivity index (χ2v) is 6.88. The zero-order chi connectivity index (χ0) is 16.9. The normalized spacial score (nSPS) is 11.9. The van der Waals surface area contributed by atoms with Crippen LogP contribution in [0.1, 0.15) is 16.7 Å². The maximum atomic E-state index is 11.9. The summed E-state index contributed by atoms with van der Waals surface area (Å²) in [7, 11) is -3.55. The van der Waals surface area contributed by atoms with Crippen LogP contribution in [0.25, 0.3) is 6.08 Å². The molecule has 0 aliphatic carbocycles. The molecule has 1 heterocycles. The van der Waals surface area contributed by atoms with Gasteiger partial charge in [0.25, 0.3) is 5.56 Å². The van der Waals surface area contributed by atoms with E-state index in [0.29, 0.717) is 5.56 Å². The highest BCUT2D eigenvalue weighted by Gasteiger charge is 2.05. The molecule has 122 valence electrons. The van der Waals surface area contributed by atoms with Gasteiger partial charge in [-0.25, -0.2) is 18.1 Å². The van der Waals surface area contributed by atoms with E-state index in [-0.39, 0.29) is 18.6 Å². The number of rotatable bonds is 6. The molecule has 23 heavy (non-hydrogen) atoms. The Balaban J connectivity index is 1.95. The van der Waals surface area contributed by atoms with E-state index in [9.17, 15) is 13.2 Å². The molecule has 6 nitrogen and oxygen atoms in total. The quantitative estimate of drug-likeness (QED) is 0.867. The first-order valence-electron chi connectivity index (χ1n) is 7.13. The van der Waals surface area contributed by atoms with Gasteiger partial charge in [-0.2, -0.15) is 0 Å². The lowest BCUT2D eigenvalue weighted by molar-refractivity contribution is 0.576. The van der Waals surface area contributed by atoms with E-state index in [4.69, 9.17) is 0 Å². The molecule has 0 amide bonds. The minimum absolute atomic E-state index is 0.117. The molecule has 0 radical (unpaired) electrons. The van der Waals surface area contributed by atoms with Crippen molar-refractivity contribution >= 4 is 16.1 Å². The van der Waals surface area contributed by atoms with E-state index in [1.54, 1.807) is 6.92 Å². The van der Waals surface area contributed by atoms with Gasteiger partial charge in [0.05, 0.1) is 6.33 Å². The second kappa shape index (κ2) is 7.34. The minimum Gasteiger partial charge on any atom is -0.298 e. The van der Waals surface area contributed by atoms with Crippen LogP contribution in [-0.2, 0) is 16.6 Å². The third-order valence-corrected chi connectivity index (χ3v) is 4.35. The zero-order valence-corrected chi connectivity index (χ0v) is 13.9. The van der Waals surface area contributed by atoms with Gasteiger partial charge in [0, 0.05) is 30.3 Å². The van der Waals surface area contributed by atoms with E-state index in [2.05, 4.69) is 9.71 Å². The number of nitrogens with one attached hydrogen (secondary N) is 1. The maximum Gasteiger partial charge on any atom is 0.256 e. The second-order valence-electron chi connectivity index (χ2n) is 5.23. The molecular weight excluding hydrogens is 314 g/mol. The highest BCUT2D eigenvalue weighted by Crippen LogP contribution is 2.05. The van der Waals surface area contributed by atoms with Gasteiger partial charge in [0.1, 0.15) is 0 Å². The molecular formula is C16H19N3O3S. The number of aryl methyl sites for hydroxylation is 2.